The SMILES string of the molecule is CCCC/C=C\CCCCCCCC(=O)OC(/C=C\CCCCCCCCCCCC)C(COP(=O)([O-])OCC[N+](C)(C)C)NC(=O)CCCCCCCCCCCC/C=C\C/C=C\C/C=C\CCCCC. The number of likely N-dealkylation sites (N-methyl/N-ethyl adjacent to an activating group) is 1. The van der Waals surface area contributed by atoms with E-state index in [1.165, 1.54) is 128 Å². The van der Waals surface area contributed by atoms with Crippen LogP contribution in [-0.4, -0.2) is 69.4 Å². The van der Waals surface area contributed by atoms with Gasteiger partial charge in [-0.15, -0.1) is 0 Å². The molecule has 3 unspecified atom stereocenters. The van der Waals surface area contributed by atoms with Gasteiger partial charge in [0.2, 0.25) is 5.91 Å². The summed E-state index contributed by atoms with van der Waals surface area (Å²) in [4.78, 5) is 39.8. The van der Waals surface area contributed by atoms with E-state index in [4.69, 9.17) is 13.8 Å². The van der Waals surface area contributed by atoms with Gasteiger partial charge in [0.05, 0.1) is 33.8 Å². The molecule has 0 aliphatic rings. The molecule has 0 aromatic carbocycles. The van der Waals surface area contributed by atoms with Gasteiger partial charge in [0.25, 0.3) is 7.82 Å². The molecule has 1 N–H and O–H groups in total. The summed E-state index contributed by atoms with van der Waals surface area (Å²) in [5.74, 6) is -0.554. The second kappa shape index (κ2) is 52.2. The first-order valence-electron chi connectivity index (χ1n) is 30.1. The minimum Gasteiger partial charge on any atom is -0.756 e. The van der Waals surface area contributed by atoms with Crippen LogP contribution >= 0.6 is 7.82 Å². The van der Waals surface area contributed by atoms with E-state index < -0.39 is 26.6 Å². The standard InChI is InChI=1S/C62H115N2O7P/c1-7-10-13-16-19-22-25-27-28-29-30-31-32-33-34-35-36-37-40-42-45-48-51-54-61(65)63-59(58-70-72(67,68)69-57-56-64(4,5)6)60(53-50-47-44-41-39-26-23-20-17-14-11-8-2)71-62(66)55-52-49-46-43-38-24-21-18-15-12-9-3/h18-19,21-22,27-28,30-31,50,53,59-60H,7-17,20,23-26,29,32-49,51-52,54-58H2,1-6H3,(H-,63,65,67,68)/b21-18-,22-19-,28-27-,31-30-,53-50-. The molecule has 72 heavy (non-hydrogen) atoms. The van der Waals surface area contributed by atoms with Crippen LogP contribution in [0.15, 0.2) is 60.8 Å². The number of ether oxygens (including phenoxy) is 1. The molecule has 0 radical (unpaired) electrons. The Hall–Kier alpha value is -2.29. The summed E-state index contributed by atoms with van der Waals surface area (Å²) in [7, 11) is 1.18. The maximum atomic E-state index is 13.5. The molecule has 9 nitrogen and oxygen atoms in total. The Bertz CT molecular complexity index is 1420. The number of phosphoric ester groups is 1. The van der Waals surface area contributed by atoms with E-state index >= 15 is 0 Å². The number of hydrogen-bond acceptors (Lipinski definition) is 7. The number of esters is 1. The molecule has 3 atom stereocenters. The van der Waals surface area contributed by atoms with E-state index in [9.17, 15) is 19.0 Å². The van der Waals surface area contributed by atoms with Crippen LogP contribution in [0.4, 0.5) is 0 Å². The molecule has 1 amide bonds. The number of unbranched alkanes of at least 4 members (excludes halogenated alkanes) is 30. The lowest BCUT2D eigenvalue weighted by atomic mass is 10.0. The highest BCUT2D eigenvalue weighted by atomic mass is 31.2. The Morgan fingerprint density at radius 2 is 0.861 bits per heavy atom. The molecule has 10 heteroatoms. The fourth-order valence-corrected chi connectivity index (χ4v) is 9.17. The minimum absolute atomic E-state index is 0.0253. The summed E-state index contributed by atoms with van der Waals surface area (Å²) >= 11 is 0. The summed E-state index contributed by atoms with van der Waals surface area (Å²) in [6.45, 7) is 6.77. The molecule has 420 valence electrons. The van der Waals surface area contributed by atoms with Gasteiger partial charge in [0.1, 0.15) is 19.3 Å². The van der Waals surface area contributed by atoms with Crippen molar-refractivity contribution in [3.8, 4) is 0 Å². The van der Waals surface area contributed by atoms with Gasteiger partial charge < -0.3 is 28.5 Å². The quantitative estimate of drug-likeness (QED) is 0.0212. The average Bonchev–Trinajstić information content (AvgIpc) is 3.34. The fraction of sp³-hybridized carbons (Fsp3) is 0.806. The Morgan fingerprint density at radius 1 is 0.486 bits per heavy atom. The molecule has 0 aromatic rings. The van der Waals surface area contributed by atoms with Crippen LogP contribution in [0.2, 0.25) is 0 Å². The lowest BCUT2D eigenvalue weighted by Crippen LogP contribution is -2.47. The Balaban J connectivity index is 5.17. The molecule has 0 saturated heterocycles. The predicted octanol–water partition coefficient (Wildman–Crippen LogP) is 17.6. The zero-order valence-electron chi connectivity index (χ0n) is 47.9. The number of quaternary nitrogens is 1. The van der Waals surface area contributed by atoms with Crippen molar-refractivity contribution < 1.29 is 37.3 Å². The number of nitrogens with one attached hydrogen (secondary N) is 1. The first-order chi connectivity index (χ1) is 34.9. The van der Waals surface area contributed by atoms with Crippen molar-refractivity contribution in [2.45, 2.75) is 283 Å². The van der Waals surface area contributed by atoms with Crippen molar-refractivity contribution >= 4 is 19.7 Å². The Morgan fingerprint density at radius 3 is 1.35 bits per heavy atom. The van der Waals surface area contributed by atoms with Gasteiger partial charge in [-0.25, -0.2) is 0 Å². The highest BCUT2D eigenvalue weighted by molar-refractivity contribution is 7.45. The highest BCUT2D eigenvalue weighted by Gasteiger charge is 2.27. The summed E-state index contributed by atoms with van der Waals surface area (Å²) in [5.41, 5.74) is 0. The van der Waals surface area contributed by atoms with Crippen LogP contribution in [-0.2, 0) is 27.9 Å². The smallest absolute Gasteiger partial charge is 0.306 e. The second-order valence-electron chi connectivity index (χ2n) is 21.5. The third-order valence-electron chi connectivity index (χ3n) is 13.2. The minimum atomic E-state index is -4.70. The molecule has 0 spiro atoms. The maximum absolute atomic E-state index is 13.5. The van der Waals surface area contributed by atoms with Crippen LogP contribution in [0.25, 0.3) is 0 Å². The molecule has 0 aliphatic heterocycles. The maximum Gasteiger partial charge on any atom is 0.306 e. The van der Waals surface area contributed by atoms with Crippen LogP contribution in [0.3, 0.4) is 0 Å². The van der Waals surface area contributed by atoms with Crippen molar-refractivity contribution in [2.75, 3.05) is 40.9 Å². The van der Waals surface area contributed by atoms with Crippen molar-refractivity contribution in [2.24, 2.45) is 0 Å². The molecule has 0 fully saturated rings. The second-order valence-corrected chi connectivity index (χ2v) is 22.9. The molecule has 0 heterocycles. The van der Waals surface area contributed by atoms with E-state index in [0.29, 0.717) is 17.4 Å². The van der Waals surface area contributed by atoms with Gasteiger partial charge in [0, 0.05) is 12.8 Å². The van der Waals surface area contributed by atoms with Gasteiger partial charge in [0.15, 0.2) is 0 Å². The number of carbonyl (C=O) groups is 2. The molecular formula is C62H115N2O7P. The number of nitrogens with zero attached hydrogens (tertiary/aromatic N) is 1. The number of amides is 1. The Labute approximate surface area is 445 Å². The van der Waals surface area contributed by atoms with Gasteiger partial charge in [-0.2, -0.15) is 0 Å². The number of rotatable bonds is 54. The first-order valence-corrected chi connectivity index (χ1v) is 31.6. The summed E-state index contributed by atoms with van der Waals surface area (Å²) < 4.78 is 30.2. The van der Waals surface area contributed by atoms with Gasteiger partial charge in [-0.05, 0) is 89.5 Å². The number of hydrogen-bond donors (Lipinski definition) is 1. The molecule has 0 aromatic heterocycles. The fourth-order valence-electron chi connectivity index (χ4n) is 8.45. The summed E-state index contributed by atoms with van der Waals surface area (Å²) in [6, 6.07) is -0.893. The predicted molar refractivity (Wildman–Crippen MR) is 307 cm³/mol. The summed E-state index contributed by atoms with van der Waals surface area (Å²) in [5, 5.41) is 3.02. The topological polar surface area (TPSA) is 114 Å². The van der Waals surface area contributed by atoms with E-state index in [1.54, 1.807) is 0 Å². The van der Waals surface area contributed by atoms with E-state index in [2.05, 4.69) is 74.7 Å². The zero-order valence-corrected chi connectivity index (χ0v) is 48.8. The van der Waals surface area contributed by atoms with Crippen molar-refractivity contribution in [1.82, 2.24) is 5.32 Å². The third kappa shape index (κ3) is 52.6. The van der Waals surface area contributed by atoms with Crippen LogP contribution in [0.1, 0.15) is 271 Å². The molecule has 0 bridgehead atoms. The van der Waals surface area contributed by atoms with Crippen molar-refractivity contribution in [3.05, 3.63) is 60.8 Å². The number of carbonyl (C=O) groups excluding carboxylic acids is 2. The highest BCUT2D eigenvalue weighted by Crippen LogP contribution is 2.38. The van der Waals surface area contributed by atoms with E-state index in [0.717, 1.165) is 109 Å². The third-order valence-corrected chi connectivity index (χ3v) is 14.1. The van der Waals surface area contributed by atoms with E-state index in [1.807, 2.05) is 33.3 Å². The van der Waals surface area contributed by atoms with Crippen molar-refractivity contribution in [1.29, 1.82) is 0 Å². The lowest BCUT2D eigenvalue weighted by Gasteiger charge is -2.30. The van der Waals surface area contributed by atoms with Gasteiger partial charge in [-0.3, -0.25) is 14.2 Å². The van der Waals surface area contributed by atoms with E-state index in [-0.39, 0.29) is 24.9 Å². The number of phosphoric acid groups is 1. The van der Waals surface area contributed by atoms with Crippen LogP contribution in [0.5, 0.6) is 0 Å². The average molecular weight is 1030 g/mol. The van der Waals surface area contributed by atoms with Gasteiger partial charge >= 0.3 is 5.97 Å². The molecule has 0 rings (SSSR count). The lowest BCUT2D eigenvalue weighted by molar-refractivity contribution is -0.870. The van der Waals surface area contributed by atoms with Gasteiger partial charge in [-0.1, -0.05) is 230 Å². The zero-order chi connectivity index (χ0) is 52.9. The normalized spacial score (nSPS) is 14.2. The van der Waals surface area contributed by atoms with Crippen molar-refractivity contribution in [3.63, 3.8) is 0 Å². The number of allylic oxidation sites excluding steroid dienone is 9. The molecular weight excluding hydrogens is 916 g/mol. The largest absolute Gasteiger partial charge is 0.756 e. The Kier molecular flexibility index (Phi) is 50.5. The molecule has 0 aliphatic carbocycles. The molecule has 0 saturated carbocycles. The van der Waals surface area contributed by atoms with Crippen LogP contribution < -0.4 is 10.2 Å². The summed E-state index contributed by atoms with van der Waals surface area (Å²) in [6.07, 6.45) is 64.7. The van der Waals surface area contributed by atoms with Crippen LogP contribution in [0, 0.1) is 0 Å². The first kappa shape index (κ1) is 69.7. The monoisotopic (exact) mass is 1030 g/mol.